The summed E-state index contributed by atoms with van der Waals surface area (Å²) in [6.45, 7) is 5.98. The lowest BCUT2D eigenvalue weighted by Crippen LogP contribution is -2.57. The summed E-state index contributed by atoms with van der Waals surface area (Å²) in [7, 11) is 1.63. The molecule has 1 aromatic carbocycles. The Kier molecular flexibility index (Phi) is 7.72. The lowest BCUT2D eigenvalue weighted by atomic mass is 9.81. The average Bonchev–Trinajstić information content (AvgIpc) is 2.64. The normalized spacial score (nSPS) is 16.1. The van der Waals surface area contributed by atoms with Crippen molar-refractivity contribution in [2.75, 3.05) is 13.7 Å². The standard InChI is InChI=1S/C22H34N2O4/c1-21(2,3)28-20(26)24-22(13-6-5-7-14-22)16-23-19(25)12-11-17-9-8-10-18(15-17)27-4/h8-10,15H,5-7,11-14,16H2,1-4H3,(H,23,25)(H,24,26). The molecule has 1 fully saturated rings. The van der Waals surface area contributed by atoms with Crippen LogP contribution in [0.2, 0.25) is 0 Å². The van der Waals surface area contributed by atoms with E-state index in [0.717, 1.165) is 43.4 Å². The average molecular weight is 391 g/mol. The van der Waals surface area contributed by atoms with Gasteiger partial charge in [-0.25, -0.2) is 4.79 Å². The quantitative estimate of drug-likeness (QED) is 0.738. The zero-order chi connectivity index (χ0) is 20.6. The van der Waals surface area contributed by atoms with Crippen LogP contribution in [-0.4, -0.2) is 36.8 Å². The number of ether oxygens (including phenoxy) is 2. The van der Waals surface area contributed by atoms with E-state index < -0.39 is 17.2 Å². The van der Waals surface area contributed by atoms with Crippen molar-refractivity contribution >= 4 is 12.0 Å². The minimum Gasteiger partial charge on any atom is -0.497 e. The zero-order valence-electron chi connectivity index (χ0n) is 17.6. The maximum atomic E-state index is 12.4. The number of alkyl carbamates (subject to hydrolysis) is 1. The molecule has 2 N–H and O–H groups in total. The Bertz CT molecular complexity index is 661. The molecule has 0 aliphatic heterocycles. The number of methoxy groups -OCH3 is 1. The summed E-state index contributed by atoms with van der Waals surface area (Å²) in [5.74, 6) is 0.777. The van der Waals surface area contributed by atoms with Crippen molar-refractivity contribution < 1.29 is 19.1 Å². The molecular formula is C22H34N2O4. The monoisotopic (exact) mass is 390 g/mol. The summed E-state index contributed by atoms with van der Waals surface area (Å²) in [5.41, 5.74) is 0.0975. The van der Waals surface area contributed by atoms with Gasteiger partial charge in [0.25, 0.3) is 0 Å². The molecule has 0 atom stereocenters. The Morgan fingerprint density at radius 1 is 1.14 bits per heavy atom. The van der Waals surface area contributed by atoms with Crippen molar-refractivity contribution in [3.63, 3.8) is 0 Å². The Labute approximate surface area is 168 Å². The first kappa shape index (κ1) is 22.1. The van der Waals surface area contributed by atoms with Crippen LogP contribution in [0.15, 0.2) is 24.3 Å². The summed E-state index contributed by atoms with van der Waals surface area (Å²) < 4.78 is 10.6. The van der Waals surface area contributed by atoms with Crippen LogP contribution >= 0.6 is 0 Å². The predicted molar refractivity (Wildman–Crippen MR) is 110 cm³/mol. The fourth-order valence-electron chi connectivity index (χ4n) is 3.54. The number of aryl methyl sites for hydroxylation is 1. The third-order valence-electron chi connectivity index (χ3n) is 4.98. The number of carbonyl (C=O) groups is 2. The van der Waals surface area contributed by atoms with E-state index in [0.29, 0.717) is 19.4 Å². The van der Waals surface area contributed by atoms with Crippen molar-refractivity contribution in [1.82, 2.24) is 10.6 Å². The van der Waals surface area contributed by atoms with Crippen LogP contribution in [0.25, 0.3) is 0 Å². The molecule has 6 heteroatoms. The number of hydrogen-bond acceptors (Lipinski definition) is 4. The summed E-state index contributed by atoms with van der Waals surface area (Å²) in [4.78, 5) is 24.7. The Morgan fingerprint density at radius 2 is 1.86 bits per heavy atom. The molecule has 1 aliphatic rings. The highest BCUT2D eigenvalue weighted by Crippen LogP contribution is 2.28. The molecule has 1 aliphatic carbocycles. The molecule has 0 unspecified atom stereocenters. The van der Waals surface area contributed by atoms with Crippen molar-refractivity contribution in [2.24, 2.45) is 0 Å². The lowest BCUT2D eigenvalue weighted by molar-refractivity contribution is -0.121. The molecule has 1 saturated carbocycles. The molecule has 2 rings (SSSR count). The highest BCUT2D eigenvalue weighted by atomic mass is 16.6. The predicted octanol–water partition coefficient (Wildman–Crippen LogP) is 3.97. The zero-order valence-corrected chi connectivity index (χ0v) is 17.6. The van der Waals surface area contributed by atoms with E-state index in [1.165, 1.54) is 0 Å². The number of amides is 2. The summed E-state index contributed by atoms with van der Waals surface area (Å²) in [6, 6.07) is 7.75. The molecule has 0 aromatic heterocycles. The second-order valence-electron chi connectivity index (χ2n) is 8.60. The fourth-order valence-corrected chi connectivity index (χ4v) is 3.54. The van der Waals surface area contributed by atoms with E-state index in [1.807, 2.05) is 45.0 Å². The maximum Gasteiger partial charge on any atom is 0.408 e. The van der Waals surface area contributed by atoms with Crippen molar-refractivity contribution in [3.8, 4) is 5.75 Å². The Hall–Kier alpha value is -2.24. The van der Waals surface area contributed by atoms with Gasteiger partial charge in [-0.05, 0) is 57.7 Å². The van der Waals surface area contributed by atoms with Gasteiger partial charge in [0, 0.05) is 13.0 Å². The summed E-state index contributed by atoms with van der Waals surface area (Å²) >= 11 is 0. The molecule has 0 bridgehead atoms. The fraction of sp³-hybridized carbons (Fsp3) is 0.636. The Morgan fingerprint density at radius 3 is 2.50 bits per heavy atom. The van der Waals surface area contributed by atoms with Crippen LogP contribution in [-0.2, 0) is 16.0 Å². The van der Waals surface area contributed by atoms with Crippen LogP contribution in [0, 0.1) is 0 Å². The van der Waals surface area contributed by atoms with Crippen LogP contribution in [0.1, 0.15) is 64.9 Å². The molecule has 0 heterocycles. The van der Waals surface area contributed by atoms with E-state index in [9.17, 15) is 9.59 Å². The molecule has 28 heavy (non-hydrogen) atoms. The highest BCUT2D eigenvalue weighted by Gasteiger charge is 2.35. The van der Waals surface area contributed by atoms with Gasteiger partial charge in [0.05, 0.1) is 12.6 Å². The van der Waals surface area contributed by atoms with Gasteiger partial charge < -0.3 is 20.1 Å². The first-order valence-corrected chi connectivity index (χ1v) is 10.1. The van der Waals surface area contributed by atoms with E-state index in [1.54, 1.807) is 7.11 Å². The van der Waals surface area contributed by atoms with Crippen molar-refractivity contribution in [2.45, 2.75) is 76.9 Å². The molecule has 156 valence electrons. The third kappa shape index (κ3) is 7.41. The number of rotatable bonds is 7. The van der Waals surface area contributed by atoms with Crippen LogP contribution in [0.4, 0.5) is 4.79 Å². The van der Waals surface area contributed by atoms with E-state index in [2.05, 4.69) is 10.6 Å². The van der Waals surface area contributed by atoms with Crippen LogP contribution in [0.5, 0.6) is 5.75 Å². The minimum atomic E-state index is -0.542. The van der Waals surface area contributed by atoms with Gasteiger partial charge in [0.2, 0.25) is 5.91 Å². The van der Waals surface area contributed by atoms with E-state index >= 15 is 0 Å². The van der Waals surface area contributed by atoms with Gasteiger partial charge in [-0.3, -0.25) is 4.79 Å². The first-order valence-electron chi connectivity index (χ1n) is 10.1. The van der Waals surface area contributed by atoms with Gasteiger partial charge in [-0.15, -0.1) is 0 Å². The topological polar surface area (TPSA) is 76.7 Å². The molecular weight excluding hydrogens is 356 g/mol. The number of nitrogens with one attached hydrogen (secondary N) is 2. The van der Waals surface area contributed by atoms with Gasteiger partial charge in [0.1, 0.15) is 11.4 Å². The lowest BCUT2D eigenvalue weighted by Gasteiger charge is -2.38. The highest BCUT2D eigenvalue weighted by molar-refractivity contribution is 5.76. The van der Waals surface area contributed by atoms with E-state index in [-0.39, 0.29) is 5.91 Å². The molecule has 0 radical (unpaired) electrons. The van der Waals surface area contributed by atoms with Gasteiger partial charge in [-0.1, -0.05) is 31.4 Å². The van der Waals surface area contributed by atoms with Crippen molar-refractivity contribution in [3.05, 3.63) is 29.8 Å². The van der Waals surface area contributed by atoms with Crippen molar-refractivity contribution in [1.29, 1.82) is 0 Å². The smallest absolute Gasteiger partial charge is 0.408 e. The number of carbonyl (C=O) groups excluding carboxylic acids is 2. The molecule has 0 spiro atoms. The molecule has 2 amide bonds. The number of hydrogen-bond donors (Lipinski definition) is 2. The van der Waals surface area contributed by atoms with Gasteiger partial charge in [0.15, 0.2) is 0 Å². The minimum absolute atomic E-state index is 0.0150. The summed E-state index contributed by atoms with van der Waals surface area (Å²) in [5, 5.41) is 6.06. The van der Waals surface area contributed by atoms with Gasteiger partial charge >= 0.3 is 6.09 Å². The molecule has 0 saturated heterocycles. The third-order valence-corrected chi connectivity index (χ3v) is 4.98. The van der Waals surface area contributed by atoms with Crippen LogP contribution < -0.4 is 15.4 Å². The second-order valence-corrected chi connectivity index (χ2v) is 8.60. The maximum absolute atomic E-state index is 12.4. The summed E-state index contributed by atoms with van der Waals surface area (Å²) in [6.07, 6.45) is 5.56. The first-order chi connectivity index (χ1) is 13.2. The Balaban J connectivity index is 1.87. The SMILES string of the molecule is COc1cccc(CCC(=O)NCC2(NC(=O)OC(C)(C)C)CCCCC2)c1. The van der Waals surface area contributed by atoms with E-state index in [4.69, 9.17) is 9.47 Å². The second kappa shape index (κ2) is 9.80. The molecule has 1 aromatic rings. The largest absolute Gasteiger partial charge is 0.497 e. The number of benzene rings is 1. The van der Waals surface area contributed by atoms with Crippen LogP contribution in [0.3, 0.4) is 0 Å². The molecule has 6 nitrogen and oxygen atoms in total. The van der Waals surface area contributed by atoms with Gasteiger partial charge in [-0.2, -0.15) is 0 Å².